The number of halogens is 1. The van der Waals surface area contributed by atoms with Crippen LogP contribution in [0.2, 0.25) is 5.02 Å². The van der Waals surface area contributed by atoms with Crippen LogP contribution in [0.3, 0.4) is 0 Å². The first-order valence-corrected chi connectivity index (χ1v) is 7.37. The first-order valence-electron chi connectivity index (χ1n) is 4.29. The zero-order chi connectivity index (χ0) is 12.2. The zero-order valence-electron chi connectivity index (χ0n) is 8.77. The van der Waals surface area contributed by atoms with Crippen molar-refractivity contribution in [1.82, 2.24) is 4.72 Å². The Balaban J connectivity index is 2.99. The van der Waals surface area contributed by atoms with Crippen LogP contribution in [-0.4, -0.2) is 26.9 Å². The Morgan fingerprint density at radius 3 is 2.38 bits per heavy atom. The van der Waals surface area contributed by atoms with Crippen molar-refractivity contribution >= 4 is 38.6 Å². The van der Waals surface area contributed by atoms with Gasteiger partial charge in [0.2, 0.25) is 0 Å². The molecule has 0 atom stereocenters. The standard InChI is InChI=1S/C9H11ClN2O2S2/c1-11-9(15-2)12-16(13,14)8-5-3-7(10)4-6-8/h3-6H,1-2H3,(H,11,12). The molecule has 1 rings (SSSR count). The Bertz CT molecular complexity index is 483. The summed E-state index contributed by atoms with van der Waals surface area (Å²) in [5.74, 6) is 0. The summed E-state index contributed by atoms with van der Waals surface area (Å²) in [7, 11) is -2.04. The van der Waals surface area contributed by atoms with Gasteiger partial charge in [0.15, 0.2) is 5.17 Å². The lowest BCUT2D eigenvalue weighted by atomic mass is 10.4. The molecule has 0 spiro atoms. The molecule has 0 saturated carbocycles. The van der Waals surface area contributed by atoms with E-state index >= 15 is 0 Å². The third-order valence-corrected chi connectivity index (χ3v) is 4.15. The van der Waals surface area contributed by atoms with Gasteiger partial charge in [0, 0.05) is 12.1 Å². The van der Waals surface area contributed by atoms with Gasteiger partial charge >= 0.3 is 0 Å². The van der Waals surface area contributed by atoms with Crippen molar-refractivity contribution in [3.63, 3.8) is 0 Å². The lowest BCUT2D eigenvalue weighted by Crippen LogP contribution is -2.28. The molecule has 0 aromatic heterocycles. The van der Waals surface area contributed by atoms with Crippen molar-refractivity contribution in [3.8, 4) is 0 Å². The summed E-state index contributed by atoms with van der Waals surface area (Å²) in [6, 6.07) is 5.94. The number of nitrogens with one attached hydrogen (secondary N) is 1. The van der Waals surface area contributed by atoms with Gasteiger partial charge in [-0.25, -0.2) is 8.42 Å². The number of benzene rings is 1. The Kier molecular flexibility index (Phi) is 4.64. The minimum atomic E-state index is -3.56. The fourth-order valence-corrected chi connectivity index (χ4v) is 2.87. The van der Waals surface area contributed by atoms with Crippen LogP contribution in [0.1, 0.15) is 0 Å². The molecule has 7 heteroatoms. The molecule has 0 saturated heterocycles. The van der Waals surface area contributed by atoms with Crippen molar-refractivity contribution in [1.29, 1.82) is 0 Å². The van der Waals surface area contributed by atoms with E-state index in [-0.39, 0.29) is 4.90 Å². The van der Waals surface area contributed by atoms with Crippen LogP contribution in [0.5, 0.6) is 0 Å². The van der Waals surface area contributed by atoms with Crippen LogP contribution in [0.25, 0.3) is 0 Å². The molecule has 16 heavy (non-hydrogen) atoms. The second-order valence-electron chi connectivity index (χ2n) is 2.79. The Labute approximate surface area is 104 Å². The van der Waals surface area contributed by atoms with E-state index in [0.29, 0.717) is 10.2 Å². The molecule has 1 N–H and O–H groups in total. The first-order chi connectivity index (χ1) is 7.49. The molecule has 0 aliphatic rings. The first kappa shape index (κ1) is 13.3. The number of thioether (sulfide) groups is 1. The average molecular weight is 279 g/mol. The minimum absolute atomic E-state index is 0.159. The van der Waals surface area contributed by atoms with E-state index < -0.39 is 10.0 Å². The molecule has 0 bridgehead atoms. The Morgan fingerprint density at radius 2 is 1.94 bits per heavy atom. The summed E-state index contributed by atoms with van der Waals surface area (Å²) in [6.07, 6.45) is 1.74. The summed E-state index contributed by atoms with van der Waals surface area (Å²) in [4.78, 5) is 3.96. The van der Waals surface area contributed by atoms with Crippen LogP contribution in [0.4, 0.5) is 0 Å². The van der Waals surface area contributed by atoms with E-state index in [2.05, 4.69) is 9.71 Å². The predicted octanol–water partition coefficient (Wildman–Crippen LogP) is 1.97. The SMILES string of the molecule is CN=C(NS(=O)(=O)c1ccc(Cl)cc1)SC. The number of sulfonamides is 1. The molecule has 4 nitrogen and oxygen atoms in total. The van der Waals surface area contributed by atoms with E-state index in [1.807, 2.05) is 0 Å². The largest absolute Gasteiger partial charge is 0.265 e. The van der Waals surface area contributed by atoms with Gasteiger partial charge in [-0.3, -0.25) is 9.71 Å². The van der Waals surface area contributed by atoms with Gasteiger partial charge in [-0.2, -0.15) is 0 Å². The minimum Gasteiger partial charge on any atom is -0.265 e. The highest BCUT2D eigenvalue weighted by Crippen LogP contribution is 2.14. The number of hydrogen-bond donors (Lipinski definition) is 1. The topological polar surface area (TPSA) is 58.5 Å². The molecule has 0 fully saturated rings. The second-order valence-corrected chi connectivity index (χ2v) is 5.71. The van der Waals surface area contributed by atoms with Crippen molar-refractivity contribution in [2.24, 2.45) is 4.99 Å². The highest BCUT2D eigenvalue weighted by molar-refractivity contribution is 8.14. The summed E-state index contributed by atoms with van der Waals surface area (Å²) in [5.41, 5.74) is 0. The van der Waals surface area contributed by atoms with Crippen molar-refractivity contribution < 1.29 is 8.42 Å². The van der Waals surface area contributed by atoms with Gasteiger partial charge in [0.25, 0.3) is 10.0 Å². The third-order valence-electron chi connectivity index (χ3n) is 1.74. The number of aliphatic imine (C=N–C) groups is 1. The van der Waals surface area contributed by atoms with Gasteiger partial charge in [-0.1, -0.05) is 23.4 Å². The lowest BCUT2D eigenvalue weighted by molar-refractivity contribution is 0.593. The predicted molar refractivity (Wildman–Crippen MR) is 68.6 cm³/mol. The lowest BCUT2D eigenvalue weighted by Gasteiger charge is -2.07. The number of rotatable bonds is 2. The molecule has 0 aliphatic heterocycles. The normalized spacial score (nSPS) is 12.6. The summed E-state index contributed by atoms with van der Waals surface area (Å²) in [5, 5.41) is 0.836. The summed E-state index contributed by atoms with van der Waals surface area (Å²) >= 11 is 6.91. The molecule has 1 aromatic carbocycles. The number of nitrogens with zero attached hydrogens (tertiary/aromatic N) is 1. The quantitative estimate of drug-likeness (QED) is 0.665. The zero-order valence-corrected chi connectivity index (χ0v) is 11.2. The van der Waals surface area contributed by atoms with Crippen LogP contribution in [0, 0.1) is 0 Å². The Morgan fingerprint density at radius 1 is 1.38 bits per heavy atom. The molecule has 0 amide bonds. The van der Waals surface area contributed by atoms with Gasteiger partial charge in [0.1, 0.15) is 0 Å². The maximum absolute atomic E-state index is 11.8. The smallest absolute Gasteiger partial charge is 0.263 e. The van der Waals surface area contributed by atoms with E-state index in [9.17, 15) is 8.42 Å². The maximum atomic E-state index is 11.8. The molecule has 1 aromatic rings. The van der Waals surface area contributed by atoms with Crippen molar-refractivity contribution in [2.45, 2.75) is 4.90 Å². The van der Waals surface area contributed by atoms with E-state index in [1.54, 1.807) is 6.26 Å². The highest BCUT2D eigenvalue weighted by Gasteiger charge is 2.15. The summed E-state index contributed by atoms with van der Waals surface area (Å²) in [6.45, 7) is 0. The van der Waals surface area contributed by atoms with Crippen molar-refractivity contribution in [2.75, 3.05) is 13.3 Å². The molecular formula is C9H11ClN2O2S2. The Hall–Kier alpha value is -0.720. The fraction of sp³-hybridized carbons (Fsp3) is 0.222. The van der Waals surface area contributed by atoms with Gasteiger partial charge < -0.3 is 0 Å². The summed E-state index contributed by atoms with van der Waals surface area (Å²) < 4.78 is 26.0. The molecule has 0 unspecified atom stereocenters. The van der Waals surface area contributed by atoms with Gasteiger partial charge in [0.05, 0.1) is 4.90 Å². The van der Waals surface area contributed by atoms with E-state index in [1.165, 1.54) is 43.1 Å². The maximum Gasteiger partial charge on any atom is 0.263 e. The van der Waals surface area contributed by atoms with Crippen LogP contribution in [-0.2, 0) is 10.0 Å². The number of hydrogen-bond acceptors (Lipinski definition) is 4. The average Bonchev–Trinajstić information content (AvgIpc) is 2.26. The van der Waals surface area contributed by atoms with Gasteiger partial charge in [-0.05, 0) is 30.5 Å². The second kappa shape index (κ2) is 5.56. The molecule has 0 aliphatic carbocycles. The van der Waals surface area contributed by atoms with E-state index in [0.717, 1.165) is 0 Å². The molecular weight excluding hydrogens is 268 g/mol. The van der Waals surface area contributed by atoms with Crippen LogP contribution in [0.15, 0.2) is 34.2 Å². The molecule has 88 valence electrons. The van der Waals surface area contributed by atoms with Crippen LogP contribution >= 0.6 is 23.4 Å². The fourth-order valence-electron chi connectivity index (χ4n) is 0.966. The highest BCUT2D eigenvalue weighted by atomic mass is 35.5. The molecule has 0 radical (unpaired) electrons. The monoisotopic (exact) mass is 278 g/mol. The molecule has 0 heterocycles. The van der Waals surface area contributed by atoms with E-state index in [4.69, 9.17) is 11.6 Å². The van der Waals surface area contributed by atoms with Crippen LogP contribution < -0.4 is 4.72 Å². The van der Waals surface area contributed by atoms with Crippen molar-refractivity contribution in [3.05, 3.63) is 29.3 Å². The number of amidine groups is 1. The van der Waals surface area contributed by atoms with Gasteiger partial charge in [-0.15, -0.1) is 0 Å². The third kappa shape index (κ3) is 3.40.